The average molecular weight is 273 g/mol. The Morgan fingerprint density at radius 3 is 2.45 bits per heavy atom. The van der Waals surface area contributed by atoms with Crippen molar-refractivity contribution in [3.05, 3.63) is 53.5 Å². The lowest BCUT2D eigenvalue weighted by atomic mass is 9.98. The molecule has 2 rings (SSSR count). The van der Waals surface area contributed by atoms with Gasteiger partial charge in [0.2, 0.25) is 0 Å². The van der Waals surface area contributed by atoms with Crippen molar-refractivity contribution in [1.29, 1.82) is 0 Å². The summed E-state index contributed by atoms with van der Waals surface area (Å²) in [5, 5.41) is 3.53. The molecule has 0 saturated carbocycles. The fraction of sp³-hybridized carbons (Fsp3) is 0.412. The van der Waals surface area contributed by atoms with E-state index in [-0.39, 0.29) is 6.04 Å². The minimum atomic E-state index is 0.171. The summed E-state index contributed by atoms with van der Waals surface area (Å²) in [4.78, 5) is 0. The first kappa shape index (κ1) is 14.7. The van der Waals surface area contributed by atoms with Gasteiger partial charge in [0.15, 0.2) is 0 Å². The summed E-state index contributed by atoms with van der Waals surface area (Å²) < 4.78 is 11.1. The molecule has 1 aromatic heterocycles. The number of nitrogens with one attached hydrogen (secondary N) is 1. The molecule has 108 valence electrons. The van der Waals surface area contributed by atoms with Crippen LogP contribution in [0.5, 0.6) is 5.75 Å². The Kier molecular flexibility index (Phi) is 5.24. The predicted octanol–water partition coefficient (Wildman–Crippen LogP) is 3.94. The molecule has 0 amide bonds. The third-order valence-corrected chi connectivity index (χ3v) is 3.34. The zero-order valence-electron chi connectivity index (χ0n) is 12.5. The summed E-state index contributed by atoms with van der Waals surface area (Å²) in [6.07, 6.45) is 2.67. The summed E-state index contributed by atoms with van der Waals surface area (Å²) in [6, 6.07) is 10.5. The quantitative estimate of drug-likeness (QED) is 0.829. The van der Waals surface area contributed by atoms with Crippen LogP contribution < -0.4 is 10.1 Å². The van der Waals surface area contributed by atoms with Crippen molar-refractivity contribution in [2.45, 2.75) is 33.2 Å². The first-order valence-electron chi connectivity index (χ1n) is 7.32. The number of aryl methyl sites for hydroxylation is 1. The molecule has 0 aliphatic rings. The zero-order valence-corrected chi connectivity index (χ0v) is 12.5. The lowest BCUT2D eigenvalue weighted by Gasteiger charge is -2.19. The smallest absolute Gasteiger partial charge is 0.119 e. The largest absolute Gasteiger partial charge is 0.494 e. The maximum absolute atomic E-state index is 5.56. The second-order valence-electron chi connectivity index (χ2n) is 4.65. The first-order chi connectivity index (χ1) is 9.80. The number of rotatable bonds is 7. The van der Waals surface area contributed by atoms with Crippen molar-refractivity contribution in [3.63, 3.8) is 0 Å². The predicted molar refractivity (Wildman–Crippen MR) is 81.2 cm³/mol. The van der Waals surface area contributed by atoms with Gasteiger partial charge in [0.1, 0.15) is 11.5 Å². The molecule has 3 nitrogen and oxygen atoms in total. The van der Waals surface area contributed by atoms with Gasteiger partial charge in [-0.2, -0.15) is 0 Å². The van der Waals surface area contributed by atoms with Gasteiger partial charge in [-0.3, -0.25) is 0 Å². The molecule has 1 N–H and O–H groups in total. The Balaban J connectivity index is 2.28. The molecule has 0 bridgehead atoms. The molecule has 0 saturated heterocycles. The van der Waals surface area contributed by atoms with E-state index in [4.69, 9.17) is 9.15 Å². The second kappa shape index (κ2) is 7.15. The van der Waals surface area contributed by atoms with Crippen LogP contribution in [-0.2, 0) is 6.42 Å². The molecule has 1 unspecified atom stereocenters. The van der Waals surface area contributed by atoms with E-state index in [0.717, 1.165) is 24.5 Å². The fourth-order valence-corrected chi connectivity index (χ4v) is 2.43. The highest BCUT2D eigenvalue weighted by Crippen LogP contribution is 2.27. The van der Waals surface area contributed by atoms with Crippen LogP contribution in [0.3, 0.4) is 0 Å². The van der Waals surface area contributed by atoms with Crippen LogP contribution in [0.2, 0.25) is 0 Å². The minimum absolute atomic E-state index is 0.171. The van der Waals surface area contributed by atoms with Crippen LogP contribution in [0.25, 0.3) is 0 Å². The highest BCUT2D eigenvalue weighted by atomic mass is 16.5. The highest BCUT2D eigenvalue weighted by molar-refractivity contribution is 5.36. The van der Waals surface area contributed by atoms with Crippen molar-refractivity contribution >= 4 is 0 Å². The summed E-state index contributed by atoms with van der Waals surface area (Å²) >= 11 is 0. The number of furan rings is 1. The fourth-order valence-electron chi connectivity index (χ4n) is 2.43. The SMILES string of the molecule is CCNC(c1ccc(OCC)cc1)c1ccoc1CC. The Morgan fingerprint density at radius 2 is 1.85 bits per heavy atom. The van der Waals surface area contributed by atoms with Gasteiger partial charge in [-0.05, 0) is 37.2 Å². The molecule has 0 aliphatic carbocycles. The molecule has 0 aliphatic heterocycles. The van der Waals surface area contributed by atoms with Crippen LogP contribution in [0.15, 0.2) is 41.0 Å². The molecule has 1 atom stereocenters. The minimum Gasteiger partial charge on any atom is -0.494 e. The topological polar surface area (TPSA) is 34.4 Å². The third kappa shape index (κ3) is 3.23. The van der Waals surface area contributed by atoms with Gasteiger partial charge in [0.25, 0.3) is 0 Å². The molecule has 20 heavy (non-hydrogen) atoms. The van der Waals surface area contributed by atoms with Gasteiger partial charge in [-0.25, -0.2) is 0 Å². The van der Waals surface area contributed by atoms with E-state index in [1.54, 1.807) is 6.26 Å². The standard InChI is InChI=1S/C17H23NO2/c1-4-16-15(11-12-20-16)17(18-5-2)13-7-9-14(10-8-13)19-6-3/h7-12,17-18H,4-6H2,1-3H3. The zero-order chi connectivity index (χ0) is 14.4. The Morgan fingerprint density at radius 1 is 1.10 bits per heavy atom. The van der Waals surface area contributed by atoms with Crippen LogP contribution in [-0.4, -0.2) is 13.2 Å². The Hall–Kier alpha value is -1.74. The highest BCUT2D eigenvalue weighted by Gasteiger charge is 2.18. The van der Waals surface area contributed by atoms with Gasteiger partial charge in [0, 0.05) is 12.0 Å². The summed E-state index contributed by atoms with van der Waals surface area (Å²) in [5.41, 5.74) is 2.45. The maximum Gasteiger partial charge on any atom is 0.119 e. The van der Waals surface area contributed by atoms with Crippen molar-refractivity contribution in [2.75, 3.05) is 13.2 Å². The van der Waals surface area contributed by atoms with Crippen LogP contribution >= 0.6 is 0 Å². The maximum atomic E-state index is 5.56. The number of hydrogen-bond acceptors (Lipinski definition) is 3. The molecule has 1 heterocycles. The van der Waals surface area contributed by atoms with E-state index in [2.05, 4.69) is 37.4 Å². The molecule has 0 fully saturated rings. The van der Waals surface area contributed by atoms with Gasteiger partial charge < -0.3 is 14.5 Å². The van der Waals surface area contributed by atoms with Crippen LogP contribution in [0.1, 0.15) is 43.7 Å². The van der Waals surface area contributed by atoms with E-state index < -0.39 is 0 Å². The van der Waals surface area contributed by atoms with Gasteiger partial charge in [-0.15, -0.1) is 0 Å². The third-order valence-electron chi connectivity index (χ3n) is 3.34. The molecular weight excluding hydrogens is 250 g/mol. The lowest BCUT2D eigenvalue weighted by Crippen LogP contribution is -2.22. The summed E-state index contributed by atoms with van der Waals surface area (Å²) in [6.45, 7) is 7.83. The average Bonchev–Trinajstić information content (AvgIpc) is 2.94. The van der Waals surface area contributed by atoms with Crippen LogP contribution in [0, 0.1) is 0 Å². The lowest BCUT2D eigenvalue weighted by molar-refractivity contribution is 0.340. The van der Waals surface area contributed by atoms with E-state index in [0.29, 0.717) is 6.61 Å². The van der Waals surface area contributed by atoms with Crippen LogP contribution in [0.4, 0.5) is 0 Å². The molecule has 2 aromatic rings. The van der Waals surface area contributed by atoms with Gasteiger partial charge in [0.05, 0.1) is 18.9 Å². The second-order valence-corrected chi connectivity index (χ2v) is 4.65. The van der Waals surface area contributed by atoms with Crippen molar-refractivity contribution in [1.82, 2.24) is 5.32 Å². The van der Waals surface area contributed by atoms with Gasteiger partial charge in [-0.1, -0.05) is 26.0 Å². The first-order valence-corrected chi connectivity index (χ1v) is 7.32. The monoisotopic (exact) mass is 273 g/mol. The summed E-state index contributed by atoms with van der Waals surface area (Å²) in [7, 11) is 0. The van der Waals surface area contributed by atoms with Gasteiger partial charge >= 0.3 is 0 Å². The van der Waals surface area contributed by atoms with E-state index in [1.807, 2.05) is 19.1 Å². The van der Waals surface area contributed by atoms with E-state index in [1.165, 1.54) is 11.1 Å². The number of ether oxygens (including phenoxy) is 1. The summed E-state index contributed by atoms with van der Waals surface area (Å²) in [5.74, 6) is 1.96. The van der Waals surface area contributed by atoms with Crippen molar-refractivity contribution in [3.8, 4) is 5.75 Å². The Bertz CT molecular complexity index is 516. The Labute approximate surface area is 121 Å². The number of benzene rings is 1. The van der Waals surface area contributed by atoms with Crippen molar-refractivity contribution < 1.29 is 9.15 Å². The molecule has 1 aromatic carbocycles. The van der Waals surface area contributed by atoms with E-state index in [9.17, 15) is 0 Å². The molecule has 0 spiro atoms. The normalized spacial score (nSPS) is 12.3. The van der Waals surface area contributed by atoms with E-state index >= 15 is 0 Å². The molecule has 3 heteroatoms. The number of hydrogen-bond donors (Lipinski definition) is 1. The molecule has 0 radical (unpaired) electrons. The molecular formula is C17H23NO2. The van der Waals surface area contributed by atoms with Crippen molar-refractivity contribution in [2.24, 2.45) is 0 Å².